The summed E-state index contributed by atoms with van der Waals surface area (Å²) >= 11 is 0. The highest BCUT2D eigenvalue weighted by Gasteiger charge is 2.39. The number of ether oxygens (including phenoxy) is 1. The molecule has 0 radical (unpaired) electrons. The van der Waals surface area contributed by atoms with Gasteiger partial charge in [-0.3, -0.25) is 4.99 Å². The molecule has 0 saturated heterocycles. The summed E-state index contributed by atoms with van der Waals surface area (Å²) < 4.78 is 6.41. The largest absolute Gasteiger partial charge is 0.457 e. The zero-order chi connectivity index (χ0) is 27.1. The molecule has 0 saturated carbocycles. The molecule has 0 bridgehead atoms. The molecule has 5 aromatic carbocycles. The molecule has 0 aromatic heterocycles. The number of nitrogens with zero attached hydrogens (tertiary/aromatic N) is 1. The van der Waals surface area contributed by atoms with E-state index in [-0.39, 0.29) is 11.5 Å². The third kappa shape index (κ3) is 3.93. The van der Waals surface area contributed by atoms with Crippen LogP contribution in [0.2, 0.25) is 0 Å². The molecule has 3 heteroatoms. The van der Waals surface area contributed by atoms with Crippen LogP contribution in [-0.4, -0.2) is 5.84 Å². The maximum Gasteiger partial charge on any atom is 0.133 e. The molecular weight excluding hydrogens is 488 g/mol. The average molecular weight is 521 g/mol. The molecule has 2 aliphatic rings. The summed E-state index contributed by atoms with van der Waals surface area (Å²) in [6.45, 7) is 4.56. The predicted octanol–water partition coefficient (Wildman–Crippen LogP) is 9.53. The van der Waals surface area contributed by atoms with Crippen molar-refractivity contribution in [1.82, 2.24) is 0 Å². The number of hydrogen-bond donors (Lipinski definition) is 1. The number of amidine groups is 1. The highest BCUT2D eigenvalue weighted by molar-refractivity contribution is 6.10. The van der Waals surface area contributed by atoms with Gasteiger partial charge < -0.3 is 10.1 Å². The summed E-state index contributed by atoms with van der Waals surface area (Å²) in [7, 11) is 0. The number of rotatable bonds is 5. The lowest BCUT2D eigenvalue weighted by Gasteiger charge is -2.39. The second-order valence-corrected chi connectivity index (χ2v) is 10.7. The Morgan fingerprint density at radius 1 is 0.650 bits per heavy atom. The van der Waals surface area contributed by atoms with Crippen molar-refractivity contribution in [3.63, 3.8) is 0 Å². The second kappa shape index (κ2) is 9.84. The molecule has 2 heterocycles. The van der Waals surface area contributed by atoms with Gasteiger partial charge in [-0.25, -0.2) is 0 Å². The van der Waals surface area contributed by atoms with Gasteiger partial charge in [-0.15, -0.1) is 0 Å². The molecule has 196 valence electrons. The Hall–Kier alpha value is -4.63. The van der Waals surface area contributed by atoms with Crippen LogP contribution in [0.3, 0.4) is 0 Å². The quantitative estimate of drug-likeness (QED) is 0.250. The summed E-state index contributed by atoms with van der Waals surface area (Å²) in [5, 5.41) is 3.65. The number of fused-ring (bicyclic) bond motifs is 3. The Morgan fingerprint density at radius 3 is 2.10 bits per heavy atom. The minimum Gasteiger partial charge on any atom is -0.457 e. The molecule has 40 heavy (non-hydrogen) atoms. The van der Waals surface area contributed by atoms with Crippen LogP contribution in [0, 0.1) is 0 Å². The van der Waals surface area contributed by atoms with E-state index in [2.05, 4.69) is 140 Å². The number of anilines is 1. The van der Waals surface area contributed by atoms with Gasteiger partial charge in [-0.2, -0.15) is 0 Å². The lowest BCUT2D eigenvalue weighted by atomic mass is 9.68. The molecule has 1 unspecified atom stereocenters. The van der Waals surface area contributed by atoms with Crippen LogP contribution >= 0.6 is 0 Å². The van der Waals surface area contributed by atoms with E-state index in [1.807, 2.05) is 0 Å². The smallest absolute Gasteiger partial charge is 0.133 e. The monoisotopic (exact) mass is 520 g/mol. The molecule has 3 nitrogen and oxygen atoms in total. The van der Waals surface area contributed by atoms with Gasteiger partial charge in [0.05, 0.1) is 0 Å². The minimum atomic E-state index is -0.0972. The Morgan fingerprint density at radius 2 is 1.30 bits per heavy atom. The van der Waals surface area contributed by atoms with Crippen LogP contribution in [0.1, 0.15) is 60.5 Å². The first-order valence-electron chi connectivity index (χ1n) is 14.2. The van der Waals surface area contributed by atoms with Crippen molar-refractivity contribution in [2.45, 2.75) is 38.1 Å². The van der Waals surface area contributed by atoms with Gasteiger partial charge >= 0.3 is 0 Å². The summed E-state index contributed by atoms with van der Waals surface area (Å²) in [5.74, 6) is 2.79. The van der Waals surface area contributed by atoms with Crippen LogP contribution in [0.15, 0.2) is 126 Å². The average Bonchev–Trinajstić information content (AvgIpc) is 3.03. The Kier molecular flexibility index (Phi) is 6.00. The van der Waals surface area contributed by atoms with Crippen molar-refractivity contribution in [2.75, 3.05) is 5.32 Å². The number of hydrogen-bond acceptors (Lipinski definition) is 3. The molecule has 7 rings (SSSR count). The molecule has 5 aromatic rings. The Bertz CT molecular complexity index is 1720. The number of aliphatic imine (C=N–C) groups is 1. The summed E-state index contributed by atoms with van der Waals surface area (Å²) in [6, 6.07) is 42.8. The lowest BCUT2D eigenvalue weighted by molar-refractivity contribution is 0.374. The van der Waals surface area contributed by atoms with E-state index < -0.39 is 0 Å². The van der Waals surface area contributed by atoms with Crippen molar-refractivity contribution < 1.29 is 4.74 Å². The van der Waals surface area contributed by atoms with Crippen LogP contribution < -0.4 is 10.1 Å². The van der Waals surface area contributed by atoms with Gasteiger partial charge in [0.2, 0.25) is 0 Å². The molecule has 2 aliphatic heterocycles. The van der Waals surface area contributed by atoms with E-state index >= 15 is 0 Å². The first-order chi connectivity index (χ1) is 19.7. The molecule has 0 spiro atoms. The van der Waals surface area contributed by atoms with E-state index in [0.29, 0.717) is 0 Å². The fraction of sp³-hybridized carbons (Fsp3) is 0.162. The Labute approximate surface area is 236 Å². The van der Waals surface area contributed by atoms with Crippen LogP contribution in [-0.2, 0) is 5.41 Å². The fourth-order valence-electron chi connectivity index (χ4n) is 6.46. The minimum absolute atomic E-state index is 0.0904. The third-order valence-corrected chi connectivity index (χ3v) is 8.70. The lowest BCUT2D eigenvalue weighted by Crippen LogP contribution is -2.31. The fourth-order valence-corrected chi connectivity index (χ4v) is 6.46. The number of benzene rings is 5. The first kappa shape index (κ1) is 24.4. The zero-order valence-electron chi connectivity index (χ0n) is 22.9. The van der Waals surface area contributed by atoms with Gasteiger partial charge in [0.25, 0.3) is 0 Å². The van der Waals surface area contributed by atoms with E-state index in [9.17, 15) is 0 Å². The second-order valence-electron chi connectivity index (χ2n) is 10.7. The van der Waals surface area contributed by atoms with Gasteiger partial charge in [-0.05, 0) is 59.9 Å². The molecular formula is C37H32N2O. The van der Waals surface area contributed by atoms with E-state index in [4.69, 9.17) is 9.73 Å². The zero-order valence-corrected chi connectivity index (χ0v) is 22.9. The third-order valence-electron chi connectivity index (χ3n) is 8.70. The van der Waals surface area contributed by atoms with E-state index in [1.54, 1.807) is 0 Å². The highest BCUT2D eigenvalue weighted by atomic mass is 16.5. The highest BCUT2D eigenvalue weighted by Crippen LogP contribution is 2.52. The molecule has 1 N–H and O–H groups in total. The van der Waals surface area contributed by atoms with Gasteiger partial charge in [0.1, 0.15) is 23.4 Å². The number of nitrogens with one attached hydrogen (secondary N) is 1. The maximum atomic E-state index is 6.41. The SMILES string of the molecule is CCC1(CC)c2ccccc2Oc2ccc(C3=NC(c4ccc(-c5ccccc5)cc4)c4ccccc4N3)cc21. The molecule has 1 atom stereocenters. The van der Waals surface area contributed by atoms with Crippen LogP contribution in [0.25, 0.3) is 11.1 Å². The maximum absolute atomic E-state index is 6.41. The normalized spacial score (nSPS) is 16.4. The van der Waals surface area contributed by atoms with Gasteiger partial charge in [0.15, 0.2) is 0 Å². The van der Waals surface area contributed by atoms with Crippen molar-refractivity contribution in [3.8, 4) is 22.6 Å². The van der Waals surface area contributed by atoms with Crippen molar-refractivity contribution in [3.05, 3.63) is 149 Å². The summed E-state index contributed by atoms with van der Waals surface area (Å²) in [5.41, 5.74) is 9.38. The van der Waals surface area contributed by atoms with Crippen molar-refractivity contribution in [2.24, 2.45) is 4.99 Å². The number of para-hydroxylation sites is 2. The first-order valence-corrected chi connectivity index (χ1v) is 14.2. The van der Waals surface area contributed by atoms with Gasteiger partial charge in [0, 0.05) is 33.4 Å². The van der Waals surface area contributed by atoms with E-state index in [1.165, 1.54) is 33.4 Å². The van der Waals surface area contributed by atoms with Gasteiger partial charge in [-0.1, -0.05) is 105 Å². The van der Waals surface area contributed by atoms with Crippen molar-refractivity contribution >= 4 is 11.5 Å². The predicted molar refractivity (Wildman–Crippen MR) is 165 cm³/mol. The summed E-state index contributed by atoms with van der Waals surface area (Å²) in [6.07, 6.45) is 2.00. The molecule has 0 fully saturated rings. The topological polar surface area (TPSA) is 33.6 Å². The Balaban J connectivity index is 1.31. The van der Waals surface area contributed by atoms with Crippen LogP contribution in [0.5, 0.6) is 11.5 Å². The van der Waals surface area contributed by atoms with Crippen molar-refractivity contribution in [1.29, 1.82) is 0 Å². The van der Waals surface area contributed by atoms with Crippen LogP contribution in [0.4, 0.5) is 5.69 Å². The van der Waals surface area contributed by atoms with E-state index in [0.717, 1.165) is 41.4 Å². The molecule has 0 aliphatic carbocycles. The summed E-state index contributed by atoms with van der Waals surface area (Å²) in [4.78, 5) is 5.32. The molecule has 0 amide bonds. The standard InChI is InChI=1S/C37H32N2O/c1-3-37(4-2)30-15-9-11-17-33(30)40-34-23-22-28(24-31(34)37)36-38-32-16-10-8-14-29(32)35(39-36)27-20-18-26(19-21-27)25-12-6-5-7-13-25/h5-24,35H,3-4H2,1-2H3,(H,38,39).